The minimum absolute atomic E-state index is 0.389. The first-order chi connectivity index (χ1) is 9.40. The van der Waals surface area contributed by atoms with Crippen LogP contribution in [0.15, 0.2) is 30.3 Å². The van der Waals surface area contributed by atoms with E-state index in [4.69, 9.17) is 11.2 Å². The van der Waals surface area contributed by atoms with E-state index in [-0.39, 0.29) is 6.09 Å². The van der Waals surface area contributed by atoms with Crippen molar-refractivity contribution in [3.05, 3.63) is 41.5 Å². The molecule has 0 unspecified atom stereocenters. The Balaban J connectivity index is 2.32. The number of ether oxygens (including phenoxy) is 1. The zero-order valence-electron chi connectivity index (χ0n) is 12.3. The molecule has 106 valence electrons. The molecule has 0 fully saturated rings. The van der Waals surface area contributed by atoms with Crippen molar-refractivity contribution in [2.45, 2.75) is 32.8 Å². The molecule has 0 saturated carbocycles. The number of rotatable bonds is 4. The van der Waals surface area contributed by atoms with Crippen LogP contribution >= 0.6 is 0 Å². The summed E-state index contributed by atoms with van der Waals surface area (Å²) in [5.41, 5.74) is 1.45. The molecular formula is C17H21NO2. The molecule has 3 heteroatoms. The quantitative estimate of drug-likeness (QED) is 0.671. The van der Waals surface area contributed by atoms with E-state index in [1.54, 1.807) is 0 Å². The molecule has 0 aliphatic heterocycles. The molecule has 0 spiro atoms. The van der Waals surface area contributed by atoms with Crippen LogP contribution in [0.4, 0.5) is 4.79 Å². The Morgan fingerprint density at radius 3 is 2.85 bits per heavy atom. The average molecular weight is 271 g/mol. The molecule has 0 aliphatic rings. The van der Waals surface area contributed by atoms with Gasteiger partial charge in [0.05, 0.1) is 0 Å². The zero-order valence-corrected chi connectivity index (χ0v) is 12.3. The summed E-state index contributed by atoms with van der Waals surface area (Å²) in [4.78, 5) is 11.4. The van der Waals surface area contributed by atoms with E-state index in [9.17, 15) is 4.79 Å². The van der Waals surface area contributed by atoms with Crippen LogP contribution in [0, 0.1) is 12.3 Å². The van der Waals surface area contributed by atoms with Crippen molar-refractivity contribution in [1.82, 2.24) is 5.32 Å². The Labute approximate surface area is 121 Å². The Kier molecular flexibility index (Phi) is 5.86. The topological polar surface area (TPSA) is 38.3 Å². The normalized spacial score (nSPS) is 11.1. The van der Waals surface area contributed by atoms with Crippen molar-refractivity contribution in [2.75, 3.05) is 6.54 Å². The highest BCUT2D eigenvalue weighted by atomic mass is 16.6. The first kappa shape index (κ1) is 15.8. The van der Waals surface area contributed by atoms with Gasteiger partial charge in [0.15, 0.2) is 0 Å². The lowest BCUT2D eigenvalue weighted by atomic mass is 10.1. The summed E-state index contributed by atoms with van der Waals surface area (Å²) in [6.45, 7) is 6.06. The van der Waals surface area contributed by atoms with Crippen molar-refractivity contribution in [2.24, 2.45) is 0 Å². The van der Waals surface area contributed by atoms with Gasteiger partial charge in [0.25, 0.3) is 0 Å². The van der Waals surface area contributed by atoms with E-state index in [1.807, 2.05) is 57.2 Å². The van der Waals surface area contributed by atoms with Crippen LogP contribution in [0.25, 0.3) is 6.08 Å². The lowest BCUT2D eigenvalue weighted by Gasteiger charge is -2.19. The summed E-state index contributed by atoms with van der Waals surface area (Å²) >= 11 is 0. The second-order valence-corrected chi connectivity index (χ2v) is 5.39. The minimum Gasteiger partial charge on any atom is -0.444 e. The van der Waals surface area contributed by atoms with Crippen molar-refractivity contribution < 1.29 is 9.53 Å². The van der Waals surface area contributed by atoms with Crippen molar-refractivity contribution in [1.29, 1.82) is 0 Å². The first-order valence-corrected chi connectivity index (χ1v) is 6.61. The fraction of sp³-hybridized carbons (Fsp3) is 0.353. The number of hydrogen-bond acceptors (Lipinski definition) is 2. The molecule has 0 aromatic heterocycles. The van der Waals surface area contributed by atoms with Crippen molar-refractivity contribution >= 4 is 12.2 Å². The van der Waals surface area contributed by atoms with E-state index in [1.165, 1.54) is 0 Å². The number of amides is 1. The Bertz CT molecular complexity index is 519. The molecule has 1 amide bonds. The number of carbonyl (C=O) groups is 1. The van der Waals surface area contributed by atoms with Gasteiger partial charge in [0.1, 0.15) is 5.60 Å². The van der Waals surface area contributed by atoms with Gasteiger partial charge in [-0.3, -0.25) is 0 Å². The second kappa shape index (κ2) is 7.40. The fourth-order valence-corrected chi connectivity index (χ4v) is 1.52. The van der Waals surface area contributed by atoms with Gasteiger partial charge in [-0.1, -0.05) is 30.2 Å². The molecule has 20 heavy (non-hydrogen) atoms. The zero-order chi connectivity index (χ0) is 15.0. The molecule has 0 saturated heterocycles. The molecule has 0 radical (unpaired) electrons. The molecule has 0 heterocycles. The smallest absolute Gasteiger partial charge is 0.407 e. The van der Waals surface area contributed by atoms with Gasteiger partial charge < -0.3 is 10.1 Å². The van der Waals surface area contributed by atoms with E-state index in [2.05, 4.69) is 11.2 Å². The molecule has 3 nitrogen and oxygen atoms in total. The van der Waals surface area contributed by atoms with Gasteiger partial charge in [-0.2, -0.15) is 0 Å². The molecule has 0 aliphatic carbocycles. The van der Waals surface area contributed by atoms with Crippen LogP contribution in [-0.2, 0) is 4.74 Å². The highest BCUT2D eigenvalue weighted by molar-refractivity contribution is 5.67. The number of alkyl carbamates (subject to hydrolysis) is 1. The minimum atomic E-state index is -0.463. The van der Waals surface area contributed by atoms with E-state index >= 15 is 0 Å². The Morgan fingerprint density at radius 2 is 2.20 bits per heavy atom. The molecule has 0 atom stereocenters. The Hall–Kier alpha value is -2.21. The third-order valence-electron chi connectivity index (χ3n) is 2.34. The molecule has 0 bridgehead atoms. The monoisotopic (exact) mass is 271 g/mol. The summed E-state index contributed by atoms with van der Waals surface area (Å²) in [6.07, 6.45) is 9.67. The number of benzene rings is 1. The summed E-state index contributed by atoms with van der Waals surface area (Å²) < 4.78 is 5.14. The third kappa shape index (κ3) is 6.65. The third-order valence-corrected chi connectivity index (χ3v) is 2.34. The lowest BCUT2D eigenvalue weighted by molar-refractivity contribution is 0.0529. The highest BCUT2D eigenvalue weighted by Crippen LogP contribution is 2.07. The average Bonchev–Trinajstić information content (AvgIpc) is 2.36. The Morgan fingerprint density at radius 1 is 1.45 bits per heavy atom. The van der Waals surface area contributed by atoms with Crippen LogP contribution in [0.1, 0.15) is 38.3 Å². The van der Waals surface area contributed by atoms with Gasteiger partial charge in [-0.05, 0) is 44.9 Å². The standard InChI is InChI=1S/C17H21NO2/c1-5-14-10-8-11-15(13-14)9-6-7-12-18-16(19)20-17(2,3)4/h1,6,8-11,13H,7,12H2,2-4H3,(H,18,19). The van der Waals surface area contributed by atoms with Crippen molar-refractivity contribution in [3.63, 3.8) is 0 Å². The predicted molar refractivity (Wildman–Crippen MR) is 82.3 cm³/mol. The molecular weight excluding hydrogens is 250 g/mol. The fourth-order valence-electron chi connectivity index (χ4n) is 1.52. The van der Waals surface area contributed by atoms with E-state index in [0.29, 0.717) is 6.54 Å². The number of hydrogen-bond donors (Lipinski definition) is 1. The van der Waals surface area contributed by atoms with Crippen LogP contribution < -0.4 is 5.32 Å². The summed E-state index contributed by atoms with van der Waals surface area (Å²) in [6, 6.07) is 7.74. The molecule has 1 aromatic rings. The molecule has 1 N–H and O–H groups in total. The maximum absolute atomic E-state index is 11.4. The van der Waals surface area contributed by atoms with Crippen LogP contribution in [0.3, 0.4) is 0 Å². The van der Waals surface area contributed by atoms with Gasteiger partial charge in [-0.25, -0.2) is 4.79 Å². The molecule has 1 rings (SSSR count). The number of terminal acetylenes is 1. The lowest BCUT2D eigenvalue weighted by Crippen LogP contribution is -2.32. The number of carbonyl (C=O) groups excluding carboxylic acids is 1. The number of nitrogens with one attached hydrogen (secondary N) is 1. The van der Waals surface area contributed by atoms with Gasteiger partial charge in [0, 0.05) is 12.1 Å². The van der Waals surface area contributed by atoms with Crippen LogP contribution in [0.2, 0.25) is 0 Å². The first-order valence-electron chi connectivity index (χ1n) is 6.61. The largest absolute Gasteiger partial charge is 0.444 e. The summed E-state index contributed by atoms with van der Waals surface area (Å²) in [5.74, 6) is 2.60. The van der Waals surface area contributed by atoms with Crippen molar-refractivity contribution in [3.8, 4) is 12.3 Å². The maximum Gasteiger partial charge on any atom is 0.407 e. The predicted octanol–water partition coefficient (Wildman–Crippen LogP) is 3.60. The molecule has 1 aromatic carbocycles. The van der Waals surface area contributed by atoms with E-state index < -0.39 is 5.60 Å². The van der Waals surface area contributed by atoms with Gasteiger partial charge in [-0.15, -0.1) is 6.42 Å². The summed E-state index contributed by atoms with van der Waals surface area (Å²) in [7, 11) is 0. The maximum atomic E-state index is 11.4. The van der Waals surface area contributed by atoms with Gasteiger partial charge in [0.2, 0.25) is 0 Å². The van der Waals surface area contributed by atoms with Crippen LogP contribution in [0.5, 0.6) is 0 Å². The second-order valence-electron chi connectivity index (χ2n) is 5.39. The van der Waals surface area contributed by atoms with Crippen LogP contribution in [-0.4, -0.2) is 18.2 Å². The summed E-state index contributed by atoms with van der Waals surface area (Å²) in [5, 5.41) is 2.70. The highest BCUT2D eigenvalue weighted by Gasteiger charge is 2.14. The van der Waals surface area contributed by atoms with E-state index in [0.717, 1.165) is 17.5 Å². The SMILES string of the molecule is C#Cc1cccc(C=CCCNC(=O)OC(C)(C)C)c1. The van der Waals surface area contributed by atoms with Gasteiger partial charge >= 0.3 is 6.09 Å².